The maximum atomic E-state index is 6.32. The number of benzene rings is 1. The van der Waals surface area contributed by atoms with Crippen molar-refractivity contribution in [3.8, 4) is 0 Å². The van der Waals surface area contributed by atoms with E-state index in [1.54, 1.807) is 6.07 Å². The average Bonchev–Trinajstić information content (AvgIpc) is 2.82. The summed E-state index contributed by atoms with van der Waals surface area (Å²) in [4.78, 5) is 4.37. The SMILES string of the molecule is Cc1cc(Cl)c(N=C2NCCN2)c(Cl)c1NC(N)=S.Cl. The lowest BCUT2D eigenvalue weighted by Crippen LogP contribution is -2.23. The molecule has 0 spiro atoms. The van der Waals surface area contributed by atoms with Crippen LogP contribution in [-0.2, 0) is 0 Å². The van der Waals surface area contributed by atoms with Gasteiger partial charge in [-0.2, -0.15) is 0 Å². The molecule has 1 saturated heterocycles. The molecule has 2 rings (SSSR count). The molecule has 1 aliphatic heterocycles. The van der Waals surface area contributed by atoms with E-state index < -0.39 is 0 Å². The second kappa shape index (κ2) is 7.17. The summed E-state index contributed by atoms with van der Waals surface area (Å²) in [5, 5.41) is 10.0. The summed E-state index contributed by atoms with van der Waals surface area (Å²) >= 11 is 17.3. The molecule has 9 heteroatoms. The fourth-order valence-corrected chi connectivity index (χ4v) is 2.51. The molecule has 0 radical (unpaired) electrons. The highest BCUT2D eigenvalue weighted by Crippen LogP contribution is 2.40. The van der Waals surface area contributed by atoms with Crippen LogP contribution in [0.1, 0.15) is 5.56 Å². The zero-order valence-corrected chi connectivity index (χ0v) is 13.7. The molecule has 0 atom stereocenters. The lowest BCUT2D eigenvalue weighted by atomic mass is 10.2. The lowest BCUT2D eigenvalue weighted by Gasteiger charge is -2.13. The molecule has 1 aliphatic rings. The van der Waals surface area contributed by atoms with Crippen molar-refractivity contribution in [3.63, 3.8) is 0 Å². The number of anilines is 1. The number of aryl methyl sites for hydroxylation is 1. The molecule has 5 N–H and O–H groups in total. The molecule has 5 nitrogen and oxygen atoms in total. The van der Waals surface area contributed by atoms with Crippen LogP contribution >= 0.6 is 47.8 Å². The Morgan fingerprint density at radius 3 is 2.55 bits per heavy atom. The number of aliphatic imine (C=N–C) groups is 1. The molecule has 0 bridgehead atoms. The number of halogens is 3. The van der Waals surface area contributed by atoms with Gasteiger partial charge in [-0.3, -0.25) is 0 Å². The summed E-state index contributed by atoms with van der Waals surface area (Å²) in [5.41, 5.74) is 7.43. The third kappa shape index (κ3) is 3.79. The number of rotatable bonds is 2. The van der Waals surface area contributed by atoms with E-state index in [2.05, 4.69) is 20.9 Å². The van der Waals surface area contributed by atoms with E-state index in [0.717, 1.165) is 18.7 Å². The molecular weight excluding hydrogens is 341 g/mol. The van der Waals surface area contributed by atoms with E-state index in [4.69, 9.17) is 41.2 Å². The Morgan fingerprint density at radius 2 is 2.00 bits per heavy atom. The number of nitrogens with two attached hydrogens (primary N) is 1. The molecule has 110 valence electrons. The lowest BCUT2D eigenvalue weighted by molar-refractivity contribution is 0.942. The van der Waals surface area contributed by atoms with Crippen molar-refractivity contribution in [2.45, 2.75) is 6.92 Å². The van der Waals surface area contributed by atoms with Crippen LogP contribution in [0.3, 0.4) is 0 Å². The van der Waals surface area contributed by atoms with E-state index in [0.29, 0.717) is 27.4 Å². The summed E-state index contributed by atoms with van der Waals surface area (Å²) in [6.07, 6.45) is 0. The smallest absolute Gasteiger partial charge is 0.196 e. The third-order valence-corrected chi connectivity index (χ3v) is 3.33. The molecule has 0 saturated carbocycles. The predicted molar refractivity (Wildman–Crippen MR) is 92.0 cm³/mol. The van der Waals surface area contributed by atoms with Crippen molar-refractivity contribution in [2.24, 2.45) is 10.7 Å². The van der Waals surface area contributed by atoms with Crippen LogP contribution in [0, 0.1) is 6.92 Å². The van der Waals surface area contributed by atoms with Crippen LogP contribution in [0.25, 0.3) is 0 Å². The van der Waals surface area contributed by atoms with Crippen molar-refractivity contribution in [2.75, 3.05) is 18.4 Å². The largest absolute Gasteiger partial charge is 0.376 e. The van der Waals surface area contributed by atoms with Crippen LogP contribution in [0.5, 0.6) is 0 Å². The first-order valence-electron chi connectivity index (χ1n) is 5.60. The van der Waals surface area contributed by atoms with Crippen molar-refractivity contribution >= 4 is 70.3 Å². The van der Waals surface area contributed by atoms with E-state index in [-0.39, 0.29) is 17.5 Å². The quantitative estimate of drug-likeness (QED) is 0.614. The summed E-state index contributed by atoms with van der Waals surface area (Å²) in [5.74, 6) is 0.647. The highest BCUT2D eigenvalue weighted by Gasteiger charge is 2.16. The number of hydrogen-bond acceptors (Lipinski definition) is 2. The van der Waals surface area contributed by atoms with Crippen molar-refractivity contribution in [1.82, 2.24) is 10.6 Å². The van der Waals surface area contributed by atoms with Gasteiger partial charge in [0.15, 0.2) is 11.1 Å². The molecule has 1 heterocycles. The van der Waals surface area contributed by atoms with Crippen LogP contribution in [0.15, 0.2) is 11.1 Å². The number of guanidine groups is 1. The minimum atomic E-state index is 0. The van der Waals surface area contributed by atoms with Gasteiger partial charge in [0, 0.05) is 13.1 Å². The minimum absolute atomic E-state index is 0. The second-order valence-corrected chi connectivity index (χ2v) is 5.24. The molecule has 0 aromatic heterocycles. The monoisotopic (exact) mass is 353 g/mol. The maximum Gasteiger partial charge on any atom is 0.196 e. The second-order valence-electron chi connectivity index (χ2n) is 4.02. The number of hydrogen-bond donors (Lipinski definition) is 4. The Labute approximate surface area is 138 Å². The molecule has 1 aromatic rings. The normalized spacial score (nSPS) is 13.1. The highest BCUT2D eigenvalue weighted by molar-refractivity contribution is 7.80. The molecule has 0 aliphatic carbocycles. The first-order chi connectivity index (χ1) is 8.99. The third-order valence-electron chi connectivity index (χ3n) is 2.57. The summed E-state index contributed by atoms with van der Waals surface area (Å²) < 4.78 is 0. The zero-order valence-electron chi connectivity index (χ0n) is 10.6. The fourth-order valence-electron chi connectivity index (χ4n) is 1.72. The van der Waals surface area contributed by atoms with Gasteiger partial charge in [-0.1, -0.05) is 23.2 Å². The summed E-state index contributed by atoms with van der Waals surface area (Å²) in [6.45, 7) is 3.50. The van der Waals surface area contributed by atoms with Gasteiger partial charge in [-0.05, 0) is 30.8 Å². The van der Waals surface area contributed by atoms with Gasteiger partial charge < -0.3 is 21.7 Å². The molecular formula is C11H14Cl3N5S. The van der Waals surface area contributed by atoms with Crippen LogP contribution in [0.4, 0.5) is 11.4 Å². The van der Waals surface area contributed by atoms with Gasteiger partial charge >= 0.3 is 0 Å². The predicted octanol–water partition coefficient (Wildman–Crippen LogP) is 2.56. The Bertz CT molecular complexity index is 553. The Kier molecular flexibility index (Phi) is 6.13. The van der Waals surface area contributed by atoms with Crippen molar-refractivity contribution in [3.05, 3.63) is 21.7 Å². The highest BCUT2D eigenvalue weighted by atomic mass is 35.5. The standard InChI is InChI=1S/C11H13Cl2N5S.ClH/c1-5-4-6(12)9(18-11-15-2-3-16-11)7(13)8(5)17-10(14)19;/h4H,2-3H2,1H3,(H3,14,17,19)(H2,15,16,18);1H. The van der Waals surface area contributed by atoms with E-state index in [1.807, 2.05) is 6.92 Å². The summed E-state index contributed by atoms with van der Waals surface area (Å²) in [7, 11) is 0. The maximum absolute atomic E-state index is 6.32. The molecule has 0 amide bonds. The van der Waals surface area contributed by atoms with Gasteiger partial charge in [-0.15, -0.1) is 12.4 Å². The van der Waals surface area contributed by atoms with Crippen molar-refractivity contribution < 1.29 is 0 Å². The van der Waals surface area contributed by atoms with E-state index in [9.17, 15) is 0 Å². The Hall–Kier alpha value is -0.950. The van der Waals surface area contributed by atoms with Crippen LogP contribution in [-0.4, -0.2) is 24.2 Å². The van der Waals surface area contributed by atoms with Crippen LogP contribution < -0.4 is 21.7 Å². The number of nitrogens with one attached hydrogen (secondary N) is 3. The average molecular weight is 355 g/mol. The molecule has 0 unspecified atom stereocenters. The Balaban J connectivity index is 0.00000200. The minimum Gasteiger partial charge on any atom is -0.376 e. The molecule has 1 fully saturated rings. The Morgan fingerprint density at radius 1 is 1.40 bits per heavy atom. The molecule has 1 aromatic carbocycles. The topological polar surface area (TPSA) is 74.5 Å². The van der Waals surface area contributed by atoms with Gasteiger partial charge in [0.25, 0.3) is 0 Å². The van der Waals surface area contributed by atoms with Gasteiger partial charge in [0.05, 0.1) is 15.7 Å². The van der Waals surface area contributed by atoms with Gasteiger partial charge in [0.1, 0.15) is 5.69 Å². The van der Waals surface area contributed by atoms with E-state index in [1.165, 1.54) is 0 Å². The molecule has 20 heavy (non-hydrogen) atoms. The van der Waals surface area contributed by atoms with Crippen LogP contribution in [0.2, 0.25) is 10.0 Å². The van der Waals surface area contributed by atoms with Crippen molar-refractivity contribution in [1.29, 1.82) is 0 Å². The number of thiocarbonyl (C=S) groups is 1. The summed E-state index contributed by atoms with van der Waals surface area (Å²) in [6, 6.07) is 1.77. The fraction of sp³-hybridized carbons (Fsp3) is 0.273. The first kappa shape index (κ1) is 17.1. The first-order valence-corrected chi connectivity index (χ1v) is 6.77. The van der Waals surface area contributed by atoms with Gasteiger partial charge in [-0.25, -0.2) is 4.99 Å². The number of nitrogens with zero attached hydrogens (tertiary/aromatic N) is 1. The van der Waals surface area contributed by atoms with Gasteiger partial charge in [0.2, 0.25) is 0 Å². The zero-order chi connectivity index (χ0) is 14.0. The van der Waals surface area contributed by atoms with E-state index >= 15 is 0 Å².